The molecule has 0 spiro atoms. The van der Waals surface area contributed by atoms with Crippen LogP contribution in [0.25, 0.3) is 0 Å². The van der Waals surface area contributed by atoms with Gasteiger partial charge in [0.1, 0.15) is 0 Å². The number of piperidine rings is 1. The van der Waals surface area contributed by atoms with Gasteiger partial charge in [0, 0.05) is 45.8 Å². The minimum atomic E-state index is -3.41. The number of sulfonamides is 1. The van der Waals surface area contributed by atoms with Gasteiger partial charge in [0.05, 0.1) is 18.0 Å². The Morgan fingerprint density at radius 2 is 1.94 bits per heavy atom. The van der Waals surface area contributed by atoms with E-state index in [0.29, 0.717) is 36.4 Å². The number of halogens is 1. The van der Waals surface area contributed by atoms with Crippen molar-refractivity contribution in [3.8, 4) is 0 Å². The van der Waals surface area contributed by atoms with Crippen LogP contribution >= 0.6 is 24.0 Å². The third kappa shape index (κ3) is 7.03. The fraction of sp³-hybridized carbons (Fsp3) is 0.682. The zero-order chi connectivity index (χ0) is 21.6. The molecule has 2 saturated heterocycles. The Morgan fingerprint density at radius 3 is 2.58 bits per heavy atom. The summed E-state index contributed by atoms with van der Waals surface area (Å²) >= 11 is 0. The Labute approximate surface area is 204 Å². The molecular weight excluding hydrogens is 527 g/mol. The summed E-state index contributed by atoms with van der Waals surface area (Å²) in [6.45, 7) is 9.45. The molecule has 2 fully saturated rings. The first-order valence-corrected chi connectivity index (χ1v) is 12.5. The quantitative estimate of drug-likeness (QED) is 0.313. The van der Waals surface area contributed by atoms with Gasteiger partial charge in [0.2, 0.25) is 10.0 Å². The minimum Gasteiger partial charge on any atom is -0.384 e. The molecule has 1 aromatic carbocycles. The largest absolute Gasteiger partial charge is 0.384 e. The highest BCUT2D eigenvalue weighted by atomic mass is 127. The van der Waals surface area contributed by atoms with Gasteiger partial charge in [-0.15, -0.1) is 24.0 Å². The van der Waals surface area contributed by atoms with Gasteiger partial charge in [-0.25, -0.2) is 13.4 Å². The standard InChI is InChI=1S/C22H36N4O3S.HI/c1-4-23-22(25-13-11-20(16-25)17-29-3)24-14-19-7-9-21(10-8-19)30(27,28)26-12-5-6-18(2)15-26;/h7-10,18,20H,4-6,11-17H2,1-3H3,(H,23,24);1H. The third-order valence-electron chi connectivity index (χ3n) is 5.91. The fourth-order valence-electron chi connectivity index (χ4n) is 4.27. The maximum atomic E-state index is 12.9. The van der Waals surface area contributed by atoms with Crippen molar-refractivity contribution in [1.82, 2.24) is 14.5 Å². The van der Waals surface area contributed by atoms with Crippen molar-refractivity contribution in [3.05, 3.63) is 29.8 Å². The van der Waals surface area contributed by atoms with Crippen molar-refractivity contribution in [1.29, 1.82) is 0 Å². The van der Waals surface area contributed by atoms with Crippen molar-refractivity contribution in [2.45, 2.75) is 44.6 Å². The van der Waals surface area contributed by atoms with Gasteiger partial charge in [0.25, 0.3) is 0 Å². The van der Waals surface area contributed by atoms with Gasteiger partial charge in [0.15, 0.2) is 5.96 Å². The highest BCUT2D eigenvalue weighted by Gasteiger charge is 2.28. The number of benzene rings is 1. The molecule has 0 aromatic heterocycles. The van der Waals surface area contributed by atoms with Crippen LogP contribution in [0.1, 0.15) is 38.7 Å². The number of aliphatic imine (C=N–C) groups is 1. The van der Waals surface area contributed by atoms with E-state index in [1.807, 2.05) is 12.1 Å². The molecule has 176 valence electrons. The Balaban J connectivity index is 0.00000341. The van der Waals surface area contributed by atoms with E-state index in [2.05, 4.69) is 24.1 Å². The lowest BCUT2D eigenvalue weighted by molar-refractivity contribution is 0.157. The lowest BCUT2D eigenvalue weighted by Gasteiger charge is -2.30. The number of nitrogens with one attached hydrogen (secondary N) is 1. The number of rotatable bonds is 7. The van der Waals surface area contributed by atoms with Crippen LogP contribution in [0.3, 0.4) is 0 Å². The van der Waals surface area contributed by atoms with Crippen molar-refractivity contribution >= 4 is 40.0 Å². The van der Waals surface area contributed by atoms with Gasteiger partial charge < -0.3 is 15.0 Å². The number of hydrogen-bond donors (Lipinski definition) is 1. The van der Waals surface area contributed by atoms with Gasteiger partial charge in [-0.1, -0.05) is 19.1 Å². The van der Waals surface area contributed by atoms with E-state index < -0.39 is 10.0 Å². The molecule has 2 heterocycles. The molecule has 2 atom stereocenters. The van der Waals surface area contributed by atoms with Crippen molar-refractivity contribution in [2.75, 3.05) is 46.4 Å². The van der Waals surface area contributed by atoms with Crippen molar-refractivity contribution in [2.24, 2.45) is 16.8 Å². The maximum absolute atomic E-state index is 12.9. The predicted octanol–water partition coefficient (Wildman–Crippen LogP) is 3.16. The first-order chi connectivity index (χ1) is 14.4. The van der Waals surface area contributed by atoms with E-state index in [0.717, 1.165) is 57.0 Å². The van der Waals surface area contributed by atoms with Crippen LogP contribution in [-0.4, -0.2) is 70.0 Å². The lowest BCUT2D eigenvalue weighted by atomic mass is 10.0. The number of ether oxygens (including phenoxy) is 1. The summed E-state index contributed by atoms with van der Waals surface area (Å²) in [6.07, 6.45) is 3.14. The normalized spacial score (nSPS) is 22.9. The topological polar surface area (TPSA) is 74.2 Å². The second kappa shape index (κ2) is 12.4. The number of nitrogens with zero attached hydrogens (tertiary/aromatic N) is 3. The number of guanidine groups is 1. The molecule has 1 aromatic rings. The van der Waals surface area contributed by atoms with E-state index in [1.165, 1.54) is 0 Å². The summed E-state index contributed by atoms with van der Waals surface area (Å²) in [7, 11) is -1.66. The van der Waals surface area contributed by atoms with Crippen LogP contribution in [0, 0.1) is 11.8 Å². The molecule has 0 bridgehead atoms. The molecule has 9 heteroatoms. The van der Waals surface area contributed by atoms with Crippen LogP contribution in [0.15, 0.2) is 34.2 Å². The predicted molar refractivity (Wildman–Crippen MR) is 135 cm³/mol. The van der Waals surface area contributed by atoms with Crippen LogP contribution in [0.4, 0.5) is 0 Å². The third-order valence-corrected chi connectivity index (χ3v) is 7.79. The zero-order valence-electron chi connectivity index (χ0n) is 18.9. The highest BCUT2D eigenvalue weighted by molar-refractivity contribution is 14.0. The first-order valence-electron chi connectivity index (χ1n) is 11.0. The number of methoxy groups -OCH3 is 1. The molecular formula is C22H37IN4O3S. The highest BCUT2D eigenvalue weighted by Crippen LogP contribution is 2.24. The Hall–Kier alpha value is -0.910. The molecule has 7 nitrogen and oxygen atoms in total. The zero-order valence-corrected chi connectivity index (χ0v) is 22.1. The summed E-state index contributed by atoms with van der Waals surface area (Å²) < 4.78 is 32.8. The lowest BCUT2D eigenvalue weighted by Crippen LogP contribution is -2.40. The van der Waals surface area contributed by atoms with Crippen LogP contribution in [0.2, 0.25) is 0 Å². The molecule has 0 saturated carbocycles. The summed E-state index contributed by atoms with van der Waals surface area (Å²) in [6, 6.07) is 7.20. The SMILES string of the molecule is CCNC(=NCc1ccc(S(=O)(=O)N2CCCC(C)C2)cc1)N1CCC(COC)C1.I. The second-order valence-corrected chi connectivity index (χ2v) is 10.4. The van der Waals surface area contributed by atoms with E-state index >= 15 is 0 Å². The summed E-state index contributed by atoms with van der Waals surface area (Å²) in [4.78, 5) is 7.44. The molecule has 0 radical (unpaired) electrons. The summed E-state index contributed by atoms with van der Waals surface area (Å²) in [5.41, 5.74) is 1.00. The molecule has 3 rings (SSSR count). The first kappa shape index (κ1) is 26.3. The molecule has 2 aliphatic rings. The van der Waals surface area contributed by atoms with Crippen molar-refractivity contribution in [3.63, 3.8) is 0 Å². The molecule has 31 heavy (non-hydrogen) atoms. The molecule has 0 amide bonds. The van der Waals surface area contributed by atoms with Crippen LogP contribution in [0.5, 0.6) is 0 Å². The number of hydrogen-bond acceptors (Lipinski definition) is 4. The van der Waals surface area contributed by atoms with E-state index in [-0.39, 0.29) is 24.0 Å². The van der Waals surface area contributed by atoms with E-state index in [9.17, 15) is 8.42 Å². The summed E-state index contributed by atoms with van der Waals surface area (Å²) in [5.74, 6) is 1.87. The van der Waals surface area contributed by atoms with Crippen LogP contribution < -0.4 is 5.32 Å². The Kier molecular flexibility index (Phi) is 10.5. The van der Waals surface area contributed by atoms with Gasteiger partial charge >= 0.3 is 0 Å². The van der Waals surface area contributed by atoms with Crippen molar-refractivity contribution < 1.29 is 13.2 Å². The average molecular weight is 565 g/mol. The van der Waals surface area contributed by atoms with Crippen LogP contribution in [-0.2, 0) is 21.3 Å². The van der Waals surface area contributed by atoms with Gasteiger partial charge in [-0.2, -0.15) is 4.31 Å². The monoisotopic (exact) mass is 564 g/mol. The van der Waals surface area contributed by atoms with E-state index in [4.69, 9.17) is 9.73 Å². The Morgan fingerprint density at radius 1 is 1.19 bits per heavy atom. The molecule has 1 N–H and O–H groups in total. The molecule has 0 aliphatic carbocycles. The molecule has 2 aliphatic heterocycles. The fourth-order valence-corrected chi connectivity index (χ4v) is 5.87. The second-order valence-electron chi connectivity index (χ2n) is 8.48. The minimum absolute atomic E-state index is 0. The van der Waals surface area contributed by atoms with Gasteiger partial charge in [-0.05, 0) is 49.8 Å². The van der Waals surface area contributed by atoms with Gasteiger partial charge in [-0.3, -0.25) is 0 Å². The van der Waals surface area contributed by atoms with E-state index in [1.54, 1.807) is 23.5 Å². The molecule has 2 unspecified atom stereocenters. The maximum Gasteiger partial charge on any atom is 0.243 e. The Bertz CT molecular complexity index is 817. The average Bonchev–Trinajstić information content (AvgIpc) is 3.20. The smallest absolute Gasteiger partial charge is 0.243 e. The number of likely N-dealkylation sites (tertiary alicyclic amines) is 1. The summed E-state index contributed by atoms with van der Waals surface area (Å²) in [5, 5.41) is 3.37.